The maximum absolute atomic E-state index is 13.3. The van der Waals surface area contributed by atoms with Gasteiger partial charge in [0.15, 0.2) is 11.5 Å². The highest BCUT2D eigenvalue weighted by molar-refractivity contribution is 9.10. The number of fused-ring (bicyclic) bond motifs is 3. The van der Waals surface area contributed by atoms with Gasteiger partial charge in [-0.2, -0.15) is 0 Å². The molecule has 0 bridgehead atoms. The SMILES string of the molecule is O=c1oc2ccc(Br)cc2c(O)c1C(c1ccc2c(c1)OCCO2)c1c(O)c2cc(Br)ccc2oc1=O. The zero-order valence-electron chi connectivity index (χ0n) is 18.8. The van der Waals surface area contributed by atoms with E-state index in [0.717, 1.165) is 0 Å². The van der Waals surface area contributed by atoms with Crippen molar-refractivity contribution >= 4 is 53.8 Å². The van der Waals surface area contributed by atoms with E-state index in [-0.39, 0.29) is 44.6 Å². The van der Waals surface area contributed by atoms with Crippen molar-refractivity contribution in [2.75, 3.05) is 13.2 Å². The maximum Gasteiger partial charge on any atom is 0.344 e. The lowest BCUT2D eigenvalue weighted by atomic mass is 9.84. The van der Waals surface area contributed by atoms with Crippen LogP contribution in [0.3, 0.4) is 0 Å². The molecule has 8 nitrogen and oxygen atoms in total. The lowest BCUT2D eigenvalue weighted by Crippen LogP contribution is -2.22. The molecule has 186 valence electrons. The standard InChI is InChI=1S/C27H16Br2O8/c28-13-2-5-17-15(10-13)24(30)22(26(32)36-17)21(12-1-4-19-20(9-12)35-8-7-34-19)23-25(31)16-11-14(29)3-6-18(16)37-27(23)33/h1-6,9-11,21,30-31H,7-8H2. The number of halogens is 2. The molecular weight excluding hydrogens is 612 g/mol. The quantitative estimate of drug-likeness (QED) is 0.241. The predicted molar refractivity (Wildman–Crippen MR) is 142 cm³/mol. The molecule has 0 radical (unpaired) electrons. The van der Waals surface area contributed by atoms with Crippen molar-refractivity contribution in [3.63, 3.8) is 0 Å². The Balaban J connectivity index is 1.71. The number of aromatic hydroxyl groups is 2. The van der Waals surface area contributed by atoms with Gasteiger partial charge in [0.25, 0.3) is 0 Å². The molecule has 5 aromatic rings. The first-order chi connectivity index (χ1) is 17.8. The van der Waals surface area contributed by atoms with Gasteiger partial charge in [-0.25, -0.2) is 9.59 Å². The lowest BCUT2D eigenvalue weighted by molar-refractivity contribution is 0.171. The molecule has 37 heavy (non-hydrogen) atoms. The average molecular weight is 628 g/mol. The summed E-state index contributed by atoms with van der Waals surface area (Å²) < 4.78 is 23.7. The van der Waals surface area contributed by atoms with Gasteiger partial charge in [-0.1, -0.05) is 37.9 Å². The van der Waals surface area contributed by atoms with E-state index < -0.39 is 17.2 Å². The van der Waals surface area contributed by atoms with Gasteiger partial charge in [0.2, 0.25) is 0 Å². The highest BCUT2D eigenvalue weighted by Crippen LogP contribution is 2.44. The van der Waals surface area contributed by atoms with Crippen LogP contribution in [0.1, 0.15) is 22.6 Å². The van der Waals surface area contributed by atoms with Gasteiger partial charge in [-0.05, 0) is 54.1 Å². The summed E-state index contributed by atoms with van der Waals surface area (Å²) in [5.41, 5.74) is -1.53. The fourth-order valence-electron chi connectivity index (χ4n) is 4.57. The van der Waals surface area contributed by atoms with Crippen molar-refractivity contribution < 1.29 is 28.5 Å². The van der Waals surface area contributed by atoms with E-state index in [1.54, 1.807) is 54.6 Å². The fraction of sp³-hybridized carbons (Fsp3) is 0.111. The van der Waals surface area contributed by atoms with Crippen molar-refractivity contribution in [2.24, 2.45) is 0 Å². The van der Waals surface area contributed by atoms with Crippen molar-refractivity contribution in [2.45, 2.75) is 5.92 Å². The van der Waals surface area contributed by atoms with E-state index in [4.69, 9.17) is 18.3 Å². The zero-order chi connectivity index (χ0) is 25.8. The molecule has 0 spiro atoms. The van der Waals surface area contributed by atoms with Gasteiger partial charge in [0.05, 0.1) is 27.8 Å². The highest BCUT2D eigenvalue weighted by Gasteiger charge is 2.33. The molecule has 0 saturated heterocycles. The first-order valence-electron chi connectivity index (χ1n) is 11.1. The molecule has 0 atom stereocenters. The first kappa shape index (κ1) is 23.6. The summed E-state index contributed by atoms with van der Waals surface area (Å²) in [6, 6.07) is 14.5. The second-order valence-corrected chi connectivity index (χ2v) is 10.3. The Labute approximate surface area is 224 Å². The second kappa shape index (κ2) is 8.97. The van der Waals surface area contributed by atoms with Gasteiger partial charge in [-0.3, -0.25) is 0 Å². The molecule has 3 heterocycles. The summed E-state index contributed by atoms with van der Waals surface area (Å²) >= 11 is 6.73. The van der Waals surface area contributed by atoms with Crippen molar-refractivity contribution in [1.82, 2.24) is 0 Å². The summed E-state index contributed by atoms with van der Waals surface area (Å²) in [5, 5.41) is 23.2. The Bertz CT molecular complexity index is 1730. The summed E-state index contributed by atoms with van der Waals surface area (Å²) in [5.74, 6) is -1.16. The van der Waals surface area contributed by atoms with Gasteiger partial charge in [0, 0.05) is 8.95 Å². The number of rotatable bonds is 3. The maximum atomic E-state index is 13.3. The molecular formula is C27H16Br2O8. The third-order valence-electron chi connectivity index (χ3n) is 6.23. The zero-order valence-corrected chi connectivity index (χ0v) is 22.0. The molecule has 1 aliphatic heterocycles. The summed E-state index contributed by atoms with van der Waals surface area (Å²) in [6.45, 7) is 0.694. The van der Waals surface area contributed by atoms with E-state index in [9.17, 15) is 19.8 Å². The van der Waals surface area contributed by atoms with Gasteiger partial charge in [0.1, 0.15) is 35.9 Å². The van der Waals surface area contributed by atoms with E-state index in [1.807, 2.05) is 0 Å². The summed E-state index contributed by atoms with van der Waals surface area (Å²) in [6.07, 6.45) is 0. The van der Waals surface area contributed by atoms with Crippen LogP contribution in [0, 0.1) is 0 Å². The van der Waals surface area contributed by atoms with Crippen molar-refractivity contribution in [1.29, 1.82) is 0 Å². The lowest BCUT2D eigenvalue weighted by Gasteiger charge is -2.23. The third-order valence-corrected chi connectivity index (χ3v) is 7.21. The van der Waals surface area contributed by atoms with E-state index in [0.29, 0.717) is 39.2 Å². The average Bonchev–Trinajstić information content (AvgIpc) is 2.88. The fourth-order valence-corrected chi connectivity index (χ4v) is 5.29. The van der Waals surface area contributed by atoms with Crippen LogP contribution < -0.4 is 20.7 Å². The van der Waals surface area contributed by atoms with Crippen molar-refractivity contribution in [3.8, 4) is 23.0 Å². The first-order valence-corrected chi connectivity index (χ1v) is 12.7. The summed E-state index contributed by atoms with van der Waals surface area (Å²) in [7, 11) is 0. The molecule has 1 aliphatic rings. The number of benzene rings is 3. The molecule has 0 unspecified atom stereocenters. The van der Waals surface area contributed by atoms with E-state index >= 15 is 0 Å². The molecule has 2 aromatic heterocycles. The van der Waals surface area contributed by atoms with Crippen LogP contribution in [0.25, 0.3) is 21.9 Å². The number of ether oxygens (including phenoxy) is 2. The molecule has 6 rings (SSSR count). The Morgan fingerprint density at radius 2 is 1.19 bits per heavy atom. The Morgan fingerprint density at radius 3 is 1.73 bits per heavy atom. The number of hydrogen-bond donors (Lipinski definition) is 2. The predicted octanol–water partition coefficient (Wildman–Crippen LogP) is 5.79. The van der Waals surface area contributed by atoms with Crippen LogP contribution in [-0.2, 0) is 0 Å². The molecule has 0 aliphatic carbocycles. The largest absolute Gasteiger partial charge is 0.507 e. The van der Waals surface area contributed by atoms with Crippen LogP contribution >= 0.6 is 31.9 Å². The number of hydrogen-bond acceptors (Lipinski definition) is 8. The minimum atomic E-state index is -1.27. The van der Waals surface area contributed by atoms with Gasteiger partial charge < -0.3 is 28.5 Å². The van der Waals surface area contributed by atoms with E-state index in [2.05, 4.69) is 31.9 Å². The van der Waals surface area contributed by atoms with Crippen LogP contribution in [0.5, 0.6) is 23.0 Å². The third kappa shape index (κ3) is 3.96. The Hall–Kier alpha value is -3.76. The van der Waals surface area contributed by atoms with Gasteiger partial charge >= 0.3 is 11.3 Å². The monoisotopic (exact) mass is 626 g/mol. The second-order valence-electron chi connectivity index (χ2n) is 8.42. The molecule has 0 fully saturated rings. The Kier molecular flexibility index (Phi) is 5.73. The van der Waals surface area contributed by atoms with Gasteiger partial charge in [-0.15, -0.1) is 0 Å². The summed E-state index contributed by atoms with van der Waals surface area (Å²) in [4.78, 5) is 26.7. The molecule has 10 heteroatoms. The highest BCUT2D eigenvalue weighted by atomic mass is 79.9. The van der Waals surface area contributed by atoms with E-state index in [1.165, 1.54) is 0 Å². The molecule has 3 aromatic carbocycles. The van der Waals surface area contributed by atoms with Crippen LogP contribution in [0.15, 0.2) is 82.0 Å². The normalized spacial score (nSPS) is 12.9. The molecule has 0 amide bonds. The Morgan fingerprint density at radius 1 is 0.676 bits per heavy atom. The van der Waals surface area contributed by atoms with Crippen LogP contribution in [0.4, 0.5) is 0 Å². The minimum Gasteiger partial charge on any atom is -0.507 e. The van der Waals surface area contributed by atoms with Crippen LogP contribution in [-0.4, -0.2) is 23.4 Å². The smallest absolute Gasteiger partial charge is 0.344 e. The minimum absolute atomic E-state index is 0.161. The molecule has 2 N–H and O–H groups in total. The van der Waals surface area contributed by atoms with Crippen LogP contribution in [0.2, 0.25) is 0 Å². The topological polar surface area (TPSA) is 119 Å². The molecule has 0 saturated carbocycles. The van der Waals surface area contributed by atoms with Crippen molar-refractivity contribution in [3.05, 3.63) is 101 Å².